The molecule has 0 fully saturated rings. The maximum absolute atomic E-state index is 12.5. The second kappa shape index (κ2) is 4.08. The summed E-state index contributed by atoms with van der Waals surface area (Å²) in [4.78, 5) is 0. The number of hydrogen-bond donors (Lipinski definition) is 0. The van der Waals surface area contributed by atoms with E-state index in [9.17, 15) is 4.39 Å². The molecule has 62 valence electrons. The zero-order valence-electron chi connectivity index (χ0n) is 6.30. The fourth-order valence-electron chi connectivity index (χ4n) is 0.917. The van der Waals surface area contributed by atoms with Gasteiger partial charge >= 0.3 is 0 Å². The molecule has 0 N–H and O–H groups in total. The van der Waals surface area contributed by atoms with Gasteiger partial charge in [0, 0.05) is 11.4 Å². The monoisotopic (exact) mass is 183 g/mol. The number of alkyl halides is 1. The number of nitrogens with zero attached hydrogens (tertiary/aromatic N) is 1. The highest BCUT2D eigenvalue weighted by molar-refractivity contribution is 6.30. The lowest BCUT2D eigenvalue weighted by atomic mass is 10.1. The SMILES string of the molecule is N#CC(F)Cc1cccc(Cl)c1. The average molecular weight is 184 g/mol. The number of hydrogen-bond acceptors (Lipinski definition) is 1. The maximum atomic E-state index is 12.5. The normalized spacial score (nSPS) is 12.1. The van der Waals surface area contributed by atoms with Crippen LogP contribution in [0.15, 0.2) is 24.3 Å². The molecule has 0 aliphatic rings. The fourth-order valence-corrected chi connectivity index (χ4v) is 1.13. The van der Waals surface area contributed by atoms with Crippen molar-refractivity contribution in [3.8, 4) is 6.07 Å². The molecule has 0 aliphatic heterocycles. The Kier molecular flexibility index (Phi) is 3.07. The Hall–Kier alpha value is -1.07. The van der Waals surface area contributed by atoms with E-state index in [-0.39, 0.29) is 6.42 Å². The summed E-state index contributed by atoms with van der Waals surface area (Å²) in [6.45, 7) is 0. The van der Waals surface area contributed by atoms with Gasteiger partial charge in [-0.3, -0.25) is 0 Å². The van der Waals surface area contributed by atoms with Crippen molar-refractivity contribution in [1.29, 1.82) is 5.26 Å². The van der Waals surface area contributed by atoms with Gasteiger partial charge in [-0.2, -0.15) is 5.26 Å². The molecule has 1 atom stereocenters. The summed E-state index contributed by atoms with van der Waals surface area (Å²) in [5.74, 6) is 0. The van der Waals surface area contributed by atoms with Gasteiger partial charge in [-0.15, -0.1) is 0 Å². The molecule has 1 nitrogen and oxygen atoms in total. The highest BCUT2D eigenvalue weighted by atomic mass is 35.5. The van der Waals surface area contributed by atoms with E-state index in [2.05, 4.69) is 0 Å². The first-order valence-electron chi connectivity index (χ1n) is 3.50. The molecule has 1 aromatic carbocycles. The van der Waals surface area contributed by atoms with E-state index in [1.807, 2.05) is 0 Å². The summed E-state index contributed by atoms with van der Waals surface area (Å²) < 4.78 is 12.5. The molecule has 0 spiro atoms. The third-order valence-corrected chi connectivity index (χ3v) is 1.68. The lowest BCUT2D eigenvalue weighted by molar-refractivity contribution is 0.407. The van der Waals surface area contributed by atoms with Crippen LogP contribution in [-0.2, 0) is 6.42 Å². The molecule has 0 aliphatic carbocycles. The minimum atomic E-state index is -1.44. The van der Waals surface area contributed by atoms with Crippen molar-refractivity contribution in [3.63, 3.8) is 0 Å². The van der Waals surface area contributed by atoms with Crippen molar-refractivity contribution in [3.05, 3.63) is 34.9 Å². The molecule has 1 rings (SSSR count). The number of nitriles is 1. The van der Waals surface area contributed by atoms with Crippen LogP contribution in [0.25, 0.3) is 0 Å². The van der Waals surface area contributed by atoms with Gasteiger partial charge in [0.2, 0.25) is 0 Å². The molecule has 0 aromatic heterocycles. The lowest BCUT2D eigenvalue weighted by Crippen LogP contribution is -2.00. The molecule has 1 aromatic rings. The van der Waals surface area contributed by atoms with Gasteiger partial charge in [0.25, 0.3) is 0 Å². The molecule has 0 heterocycles. The highest BCUT2D eigenvalue weighted by Gasteiger charge is 2.04. The largest absolute Gasteiger partial charge is 0.231 e. The summed E-state index contributed by atoms with van der Waals surface area (Å²) in [6.07, 6.45) is -1.33. The molecule has 0 radical (unpaired) electrons. The smallest absolute Gasteiger partial charge is 0.190 e. The second-order valence-corrected chi connectivity index (χ2v) is 2.87. The van der Waals surface area contributed by atoms with Crippen LogP contribution < -0.4 is 0 Å². The third-order valence-electron chi connectivity index (χ3n) is 1.44. The summed E-state index contributed by atoms with van der Waals surface area (Å²) in [6, 6.07) is 8.38. The van der Waals surface area contributed by atoms with Gasteiger partial charge in [-0.25, -0.2) is 4.39 Å². The van der Waals surface area contributed by atoms with Crippen LogP contribution >= 0.6 is 11.6 Å². The standard InChI is InChI=1S/C9H7ClFN/c10-8-3-1-2-7(4-8)5-9(11)6-12/h1-4,9H,5H2. The molecule has 3 heteroatoms. The van der Waals surface area contributed by atoms with E-state index in [1.165, 1.54) is 6.07 Å². The van der Waals surface area contributed by atoms with Gasteiger partial charge < -0.3 is 0 Å². The molecule has 12 heavy (non-hydrogen) atoms. The first-order chi connectivity index (χ1) is 5.72. The van der Waals surface area contributed by atoms with Crippen LogP contribution in [0.1, 0.15) is 5.56 Å². The van der Waals surface area contributed by atoms with Crippen molar-refractivity contribution < 1.29 is 4.39 Å². The Morgan fingerprint density at radius 2 is 2.33 bits per heavy atom. The number of benzene rings is 1. The van der Waals surface area contributed by atoms with Gasteiger partial charge in [-0.1, -0.05) is 23.7 Å². The Balaban J connectivity index is 2.71. The zero-order valence-corrected chi connectivity index (χ0v) is 7.05. The average Bonchev–Trinajstić information content (AvgIpc) is 2.04. The third kappa shape index (κ3) is 2.52. The molecule has 0 amide bonds. The first kappa shape index (κ1) is 9.02. The van der Waals surface area contributed by atoms with E-state index in [0.717, 1.165) is 5.56 Å². The van der Waals surface area contributed by atoms with Crippen molar-refractivity contribution in [2.45, 2.75) is 12.6 Å². The van der Waals surface area contributed by atoms with Gasteiger partial charge in [0.05, 0.1) is 0 Å². The molecular formula is C9H7ClFN. The second-order valence-electron chi connectivity index (χ2n) is 2.43. The topological polar surface area (TPSA) is 23.8 Å². The minimum absolute atomic E-state index is 0.108. The van der Waals surface area contributed by atoms with Crippen LogP contribution in [0.4, 0.5) is 4.39 Å². The summed E-state index contributed by atoms with van der Waals surface area (Å²) in [5.41, 5.74) is 0.747. The van der Waals surface area contributed by atoms with Crippen LogP contribution in [0.5, 0.6) is 0 Å². The van der Waals surface area contributed by atoms with E-state index >= 15 is 0 Å². The molecule has 0 bridgehead atoms. The van der Waals surface area contributed by atoms with Gasteiger partial charge in [0.1, 0.15) is 6.07 Å². The summed E-state index contributed by atoms with van der Waals surface area (Å²) >= 11 is 5.67. The summed E-state index contributed by atoms with van der Waals surface area (Å²) in [5, 5.41) is 8.77. The minimum Gasteiger partial charge on any atom is -0.231 e. The van der Waals surface area contributed by atoms with Crippen molar-refractivity contribution in [2.24, 2.45) is 0 Å². The van der Waals surface area contributed by atoms with Gasteiger partial charge in [-0.05, 0) is 17.7 Å². The maximum Gasteiger partial charge on any atom is 0.190 e. The lowest BCUT2D eigenvalue weighted by Gasteiger charge is -1.99. The van der Waals surface area contributed by atoms with E-state index in [0.29, 0.717) is 5.02 Å². The van der Waals surface area contributed by atoms with Crippen molar-refractivity contribution >= 4 is 11.6 Å². The number of rotatable bonds is 2. The Labute approximate surface area is 75.4 Å². The summed E-state index contributed by atoms with van der Waals surface area (Å²) in [7, 11) is 0. The predicted octanol–water partition coefficient (Wildman–Crippen LogP) is 2.74. The quantitative estimate of drug-likeness (QED) is 0.692. The zero-order chi connectivity index (χ0) is 8.97. The van der Waals surface area contributed by atoms with Crippen molar-refractivity contribution in [1.82, 2.24) is 0 Å². The fraction of sp³-hybridized carbons (Fsp3) is 0.222. The molecular weight excluding hydrogens is 177 g/mol. The molecule has 0 saturated carbocycles. The van der Waals surface area contributed by atoms with E-state index in [1.54, 1.807) is 24.3 Å². The van der Waals surface area contributed by atoms with Crippen LogP contribution in [0.3, 0.4) is 0 Å². The molecule has 1 unspecified atom stereocenters. The Morgan fingerprint density at radius 3 is 2.92 bits per heavy atom. The first-order valence-corrected chi connectivity index (χ1v) is 3.88. The van der Waals surface area contributed by atoms with Crippen LogP contribution in [0.2, 0.25) is 5.02 Å². The van der Waals surface area contributed by atoms with Crippen LogP contribution in [-0.4, -0.2) is 6.17 Å². The Bertz CT molecular complexity index is 306. The van der Waals surface area contributed by atoms with Crippen LogP contribution in [0, 0.1) is 11.3 Å². The highest BCUT2D eigenvalue weighted by Crippen LogP contribution is 2.12. The van der Waals surface area contributed by atoms with Crippen molar-refractivity contribution in [2.75, 3.05) is 0 Å². The van der Waals surface area contributed by atoms with E-state index < -0.39 is 6.17 Å². The number of halogens is 2. The van der Waals surface area contributed by atoms with Gasteiger partial charge in [0.15, 0.2) is 6.17 Å². The van der Waals surface area contributed by atoms with E-state index in [4.69, 9.17) is 16.9 Å². The Morgan fingerprint density at radius 1 is 1.58 bits per heavy atom. The predicted molar refractivity (Wildman–Crippen MR) is 45.7 cm³/mol. The molecule has 0 saturated heterocycles.